The summed E-state index contributed by atoms with van der Waals surface area (Å²) in [5.41, 5.74) is 10.0. The molecule has 7 aromatic rings. The molecule has 242 valence electrons. The quantitative estimate of drug-likeness (QED) is 0.175. The topological polar surface area (TPSA) is 28.9 Å². The molecule has 0 aliphatic carbocycles. The minimum Gasteiger partial charge on any atom is -0.468 e. The number of rotatable bonds is 3. The standard InChI is InChI=1S/C40H30BF3N2O2S/c1-23-17-31-36-32(18-23)46(26-13-9-6-10-14-26)37-28-21-27(48-40(42,43)44)15-16-33(28)47-38(37)41(36)29-22-34-24(20-35(49-34)39(2,3)4)19-30(29)45(31)25-11-7-5-8-12-25/h5-22H,1-4H3. The van der Waals surface area contributed by atoms with E-state index in [2.05, 4.69) is 96.8 Å². The molecule has 0 amide bonds. The number of anilines is 6. The summed E-state index contributed by atoms with van der Waals surface area (Å²) in [4.78, 5) is 5.78. The van der Waals surface area contributed by atoms with Gasteiger partial charge >= 0.3 is 6.36 Å². The van der Waals surface area contributed by atoms with Gasteiger partial charge in [-0.2, -0.15) is 0 Å². The largest absolute Gasteiger partial charge is 0.573 e. The zero-order chi connectivity index (χ0) is 33.8. The van der Waals surface area contributed by atoms with Gasteiger partial charge in [0.1, 0.15) is 11.3 Å². The van der Waals surface area contributed by atoms with Crippen molar-refractivity contribution in [1.82, 2.24) is 0 Å². The Labute approximate surface area is 286 Å². The van der Waals surface area contributed by atoms with E-state index in [-0.39, 0.29) is 17.9 Å². The van der Waals surface area contributed by atoms with Crippen LogP contribution in [0.1, 0.15) is 31.2 Å². The maximum Gasteiger partial charge on any atom is 0.573 e. The third-order valence-electron chi connectivity index (χ3n) is 9.42. The predicted octanol–water partition coefficient (Wildman–Crippen LogP) is 10.2. The van der Waals surface area contributed by atoms with Crippen LogP contribution in [0.3, 0.4) is 0 Å². The zero-order valence-corrected chi connectivity index (χ0v) is 28.0. The van der Waals surface area contributed by atoms with Crippen molar-refractivity contribution in [2.24, 2.45) is 0 Å². The van der Waals surface area contributed by atoms with Gasteiger partial charge in [0.25, 0.3) is 6.71 Å². The van der Waals surface area contributed by atoms with Gasteiger partial charge in [-0.25, -0.2) is 0 Å². The van der Waals surface area contributed by atoms with Crippen LogP contribution in [0.15, 0.2) is 114 Å². The first kappa shape index (κ1) is 30.0. The number of halogens is 3. The van der Waals surface area contributed by atoms with Gasteiger partial charge in [0.15, 0.2) is 0 Å². The van der Waals surface area contributed by atoms with E-state index in [9.17, 15) is 13.2 Å². The molecule has 0 bridgehead atoms. The average molecular weight is 671 g/mol. The second-order valence-corrected chi connectivity index (χ2v) is 14.9. The number of thiophene rings is 1. The molecular formula is C40H30BF3N2O2S. The lowest BCUT2D eigenvalue weighted by Gasteiger charge is -2.42. The van der Waals surface area contributed by atoms with Crippen molar-refractivity contribution in [2.75, 3.05) is 9.80 Å². The third kappa shape index (κ3) is 4.74. The second-order valence-electron chi connectivity index (χ2n) is 13.8. The molecule has 4 heterocycles. The zero-order valence-electron chi connectivity index (χ0n) is 27.2. The number of alkyl halides is 3. The van der Waals surface area contributed by atoms with Crippen molar-refractivity contribution in [3.05, 3.63) is 120 Å². The molecule has 2 aliphatic heterocycles. The number of fused-ring (bicyclic) bond motifs is 7. The van der Waals surface area contributed by atoms with Gasteiger partial charge in [0.2, 0.25) is 0 Å². The van der Waals surface area contributed by atoms with Crippen molar-refractivity contribution in [3.63, 3.8) is 0 Å². The summed E-state index contributed by atoms with van der Waals surface area (Å²) >= 11 is 1.80. The number of hydrogen-bond donors (Lipinski definition) is 0. The van der Waals surface area contributed by atoms with E-state index in [0.29, 0.717) is 22.3 Å². The van der Waals surface area contributed by atoms with E-state index >= 15 is 0 Å². The SMILES string of the molecule is Cc1cc2c3c(c1)N(c1ccccc1)c1c(oc4ccc(OC(F)(F)F)cc14)B3c1cc3sc(C(C)(C)C)cc3cc1N2c1ccccc1. The first-order valence-electron chi connectivity index (χ1n) is 16.2. The maximum atomic E-state index is 13.4. The number of benzene rings is 5. The molecule has 0 unspecified atom stereocenters. The van der Waals surface area contributed by atoms with Gasteiger partial charge in [-0.15, -0.1) is 24.5 Å². The Bertz CT molecular complexity index is 2430. The van der Waals surface area contributed by atoms with Gasteiger partial charge in [0.05, 0.1) is 11.3 Å². The molecule has 0 atom stereocenters. The molecule has 9 rings (SSSR count). The smallest absolute Gasteiger partial charge is 0.468 e. The normalized spacial score (nSPS) is 13.9. The molecule has 0 saturated heterocycles. The van der Waals surface area contributed by atoms with Gasteiger partial charge in [-0.05, 0) is 107 Å². The summed E-state index contributed by atoms with van der Waals surface area (Å²) in [7, 11) is 0. The lowest BCUT2D eigenvalue weighted by Crippen LogP contribution is -2.61. The van der Waals surface area contributed by atoms with E-state index in [1.54, 1.807) is 17.4 Å². The van der Waals surface area contributed by atoms with E-state index in [1.807, 2.05) is 36.4 Å². The average Bonchev–Trinajstić information content (AvgIpc) is 3.65. The van der Waals surface area contributed by atoms with Crippen molar-refractivity contribution < 1.29 is 22.3 Å². The minimum absolute atomic E-state index is 0.0142. The van der Waals surface area contributed by atoms with Gasteiger partial charge in [0, 0.05) is 43.4 Å². The summed E-state index contributed by atoms with van der Waals surface area (Å²) in [6.07, 6.45) is -4.82. The van der Waals surface area contributed by atoms with Gasteiger partial charge < -0.3 is 19.0 Å². The highest BCUT2D eigenvalue weighted by atomic mass is 32.1. The van der Waals surface area contributed by atoms with E-state index in [0.717, 1.165) is 44.9 Å². The van der Waals surface area contributed by atoms with E-state index in [4.69, 9.17) is 4.42 Å². The minimum atomic E-state index is -4.82. The summed E-state index contributed by atoms with van der Waals surface area (Å²) in [6.45, 7) is 8.46. The Balaban J connectivity index is 1.40. The third-order valence-corrected chi connectivity index (χ3v) is 10.9. The fraction of sp³-hybridized carbons (Fsp3) is 0.150. The fourth-order valence-electron chi connectivity index (χ4n) is 7.40. The number of hydrogen-bond acceptors (Lipinski definition) is 5. The number of para-hydroxylation sites is 2. The van der Waals surface area contributed by atoms with Gasteiger partial charge in [-0.1, -0.05) is 57.2 Å². The maximum absolute atomic E-state index is 13.4. The van der Waals surface area contributed by atoms with Crippen molar-refractivity contribution in [1.29, 1.82) is 0 Å². The number of aryl methyl sites for hydroxylation is 1. The first-order valence-corrected chi connectivity index (χ1v) is 17.0. The Hall–Kier alpha value is -5.15. The Morgan fingerprint density at radius 2 is 1.39 bits per heavy atom. The molecule has 0 radical (unpaired) electrons. The highest BCUT2D eigenvalue weighted by Gasteiger charge is 2.47. The highest BCUT2D eigenvalue weighted by molar-refractivity contribution is 7.19. The summed E-state index contributed by atoms with van der Waals surface area (Å²) in [5, 5.41) is 1.72. The predicted molar refractivity (Wildman–Crippen MR) is 196 cm³/mol. The molecule has 0 spiro atoms. The second kappa shape index (κ2) is 10.4. The van der Waals surface area contributed by atoms with Crippen LogP contribution in [0.2, 0.25) is 0 Å². The van der Waals surface area contributed by atoms with Crippen LogP contribution in [0.5, 0.6) is 5.75 Å². The van der Waals surface area contributed by atoms with Crippen LogP contribution in [-0.2, 0) is 5.41 Å². The van der Waals surface area contributed by atoms with Crippen LogP contribution in [-0.4, -0.2) is 13.1 Å². The van der Waals surface area contributed by atoms with Crippen LogP contribution in [0, 0.1) is 6.92 Å². The summed E-state index contributed by atoms with van der Waals surface area (Å²) in [6, 6.07) is 35.9. The van der Waals surface area contributed by atoms with Gasteiger partial charge in [-0.3, -0.25) is 0 Å². The fourth-order valence-corrected chi connectivity index (χ4v) is 8.55. The Kier molecular flexibility index (Phi) is 6.37. The summed E-state index contributed by atoms with van der Waals surface area (Å²) < 4.78 is 52.7. The molecule has 2 aliphatic rings. The number of furan rings is 1. The molecule has 49 heavy (non-hydrogen) atoms. The summed E-state index contributed by atoms with van der Waals surface area (Å²) in [5.74, 6) is -0.290. The molecule has 4 nitrogen and oxygen atoms in total. The van der Waals surface area contributed by atoms with E-state index < -0.39 is 6.36 Å². The molecular weight excluding hydrogens is 640 g/mol. The lowest BCUT2D eigenvalue weighted by atomic mass is 9.35. The molecule has 0 saturated carbocycles. The highest BCUT2D eigenvalue weighted by Crippen LogP contribution is 2.48. The monoisotopic (exact) mass is 670 g/mol. The Morgan fingerprint density at radius 1 is 0.735 bits per heavy atom. The van der Waals surface area contributed by atoms with Crippen molar-refractivity contribution >= 4 is 89.8 Å². The molecule has 0 fully saturated rings. The lowest BCUT2D eigenvalue weighted by molar-refractivity contribution is -0.274. The molecule has 9 heteroatoms. The number of nitrogens with zero attached hydrogens (tertiary/aromatic N) is 2. The van der Waals surface area contributed by atoms with Crippen molar-refractivity contribution in [3.8, 4) is 5.75 Å². The van der Waals surface area contributed by atoms with Crippen LogP contribution in [0.4, 0.5) is 47.3 Å². The van der Waals surface area contributed by atoms with Crippen LogP contribution in [0.25, 0.3) is 21.1 Å². The Morgan fingerprint density at radius 3 is 2.04 bits per heavy atom. The number of ether oxygens (including phenoxy) is 1. The first-order chi connectivity index (χ1) is 23.4. The molecule has 5 aromatic carbocycles. The molecule has 0 N–H and O–H groups in total. The van der Waals surface area contributed by atoms with Crippen LogP contribution >= 0.6 is 11.3 Å². The molecule has 2 aromatic heterocycles. The van der Waals surface area contributed by atoms with Crippen LogP contribution < -0.4 is 31.1 Å². The van der Waals surface area contributed by atoms with E-state index in [1.165, 1.54) is 27.1 Å². The van der Waals surface area contributed by atoms with Crippen molar-refractivity contribution in [2.45, 2.75) is 39.5 Å².